The zero-order valence-corrected chi connectivity index (χ0v) is 9.86. The molecule has 14 heavy (non-hydrogen) atoms. The van der Waals surface area contributed by atoms with Crippen LogP contribution in [0.15, 0.2) is 0 Å². The summed E-state index contributed by atoms with van der Waals surface area (Å²) >= 11 is 5.68. The van der Waals surface area contributed by atoms with E-state index in [1.54, 1.807) is 0 Å². The van der Waals surface area contributed by atoms with Crippen LogP contribution in [0.2, 0.25) is 0 Å². The first-order valence-corrected chi connectivity index (χ1v) is 5.96. The molecular weight excluding hydrogens is 198 g/mol. The van der Waals surface area contributed by atoms with Crippen molar-refractivity contribution in [2.24, 2.45) is 11.3 Å². The molecule has 0 heterocycles. The molecule has 1 aliphatic carbocycles. The third-order valence-electron chi connectivity index (χ3n) is 3.13. The van der Waals surface area contributed by atoms with Gasteiger partial charge >= 0.3 is 0 Å². The van der Waals surface area contributed by atoms with Crippen LogP contribution in [-0.2, 0) is 4.79 Å². The van der Waals surface area contributed by atoms with Gasteiger partial charge in [0.15, 0.2) is 0 Å². The normalized spacial score (nSPS) is 21.9. The van der Waals surface area contributed by atoms with Gasteiger partial charge in [-0.2, -0.15) is 0 Å². The maximum atomic E-state index is 11.8. The zero-order chi connectivity index (χ0) is 10.6. The molecule has 0 aliphatic heterocycles. The maximum absolute atomic E-state index is 11.8. The number of hydrogen-bond acceptors (Lipinski definition) is 1. The van der Waals surface area contributed by atoms with E-state index in [-0.39, 0.29) is 11.3 Å². The number of halogens is 1. The van der Waals surface area contributed by atoms with Crippen molar-refractivity contribution in [3.05, 3.63) is 0 Å². The fraction of sp³-hybridized carbons (Fsp3) is 0.909. The molecule has 1 saturated carbocycles. The van der Waals surface area contributed by atoms with Crippen LogP contribution in [0.4, 0.5) is 0 Å². The van der Waals surface area contributed by atoms with Crippen molar-refractivity contribution in [1.82, 2.24) is 5.32 Å². The molecule has 3 heteroatoms. The van der Waals surface area contributed by atoms with Crippen LogP contribution in [0.25, 0.3) is 0 Å². The van der Waals surface area contributed by atoms with E-state index >= 15 is 0 Å². The SMILES string of the molecule is CC(CCl)CNC(=O)C1(C)CCCC1. The number of rotatable bonds is 4. The Labute approximate surface area is 91.4 Å². The number of amides is 1. The number of hydrogen-bond donors (Lipinski definition) is 1. The zero-order valence-electron chi connectivity index (χ0n) is 9.11. The molecule has 0 aromatic carbocycles. The second-order valence-corrected chi connectivity index (χ2v) is 5.05. The molecule has 1 fully saturated rings. The molecule has 0 spiro atoms. The first-order chi connectivity index (χ1) is 6.58. The molecule has 1 unspecified atom stereocenters. The average Bonchev–Trinajstić information content (AvgIpc) is 2.62. The second-order valence-electron chi connectivity index (χ2n) is 4.74. The maximum Gasteiger partial charge on any atom is 0.225 e. The van der Waals surface area contributed by atoms with Crippen LogP contribution in [-0.4, -0.2) is 18.3 Å². The summed E-state index contributed by atoms with van der Waals surface area (Å²) in [5, 5.41) is 2.99. The molecular formula is C11H20ClNO. The van der Waals surface area contributed by atoms with Crippen molar-refractivity contribution in [3.8, 4) is 0 Å². The molecule has 0 radical (unpaired) electrons. The van der Waals surface area contributed by atoms with Gasteiger partial charge < -0.3 is 5.32 Å². The first kappa shape index (κ1) is 11.8. The minimum absolute atomic E-state index is 0.105. The van der Waals surface area contributed by atoms with Gasteiger partial charge in [0.05, 0.1) is 0 Å². The summed E-state index contributed by atoms with van der Waals surface area (Å²) in [4.78, 5) is 11.8. The van der Waals surface area contributed by atoms with Gasteiger partial charge in [0, 0.05) is 17.8 Å². The lowest BCUT2D eigenvalue weighted by atomic mass is 9.88. The molecule has 0 saturated heterocycles. The van der Waals surface area contributed by atoms with Crippen LogP contribution < -0.4 is 5.32 Å². The number of nitrogens with one attached hydrogen (secondary N) is 1. The fourth-order valence-corrected chi connectivity index (χ4v) is 2.03. The lowest BCUT2D eigenvalue weighted by Gasteiger charge is -2.23. The van der Waals surface area contributed by atoms with E-state index in [1.165, 1.54) is 12.8 Å². The van der Waals surface area contributed by atoms with Crippen molar-refractivity contribution in [2.75, 3.05) is 12.4 Å². The average molecular weight is 218 g/mol. The van der Waals surface area contributed by atoms with Gasteiger partial charge in [0.25, 0.3) is 0 Å². The highest BCUT2D eigenvalue weighted by Gasteiger charge is 2.35. The van der Waals surface area contributed by atoms with E-state index in [1.807, 2.05) is 6.92 Å². The van der Waals surface area contributed by atoms with Gasteiger partial charge in [-0.3, -0.25) is 4.79 Å². The van der Waals surface area contributed by atoms with Gasteiger partial charge in [-0.25, -0.2) is 0 Å². The minimum atomic E-state index is -0.105. The molecule has 82 valence electrons. The summed E-state index contributed by atoms with van der Waals surface area (Å²) in [5.74, 6) is 1.19. The molecule has 1 rings (SSSR count). The van der Waals surface area contributed by atoms with Crippen LogP contribution in [0.3, 0.4) is 0 Å². The van der Waals surface area contributed by atoms with E-state index in [2.05, 4.69) is 12.2 Å². The van der Waals surface area contributed by atoms with E-state index in [0.717, 1.165) is 12.8 Å². The molecule has 0 aromatic heterocycles. The quantitative estimate of drug-likeness (QED) is 0.721. The Morgan fingerprint density at radius 1 is 1.50 bits per heavy atom. The van der Waals surface area contributed by atoms with Crippen molar-refractivity contribution in [2.45, 2.75) is 39.5 Å². The Morgan fingerprint density at radius 3 is 2.57 bits per heavy atom. The summed E-state index contributed by atoms with van der Waals surface area (Å²) in [5.41, 5.74) is -0.105. The smallest absolute Gasteiger partial charge is 0.225 e. The largest absolute Gasteiger partial charge is 0.355 e. The third kappa shape index (κ3) is 2.88. The lowest BCUT2D eigenvalue weighted by Crippen LogP contribution is -2.39. The van der Waals surface area contributed by atoms with Crippen molar-refractivity contribution >= 4 is 17.5 Å². The summed E-state index contributed by atoms with van der Waals surface area (Å²) in [7, 11) is 0. The number of carbonyl (C=O) groups is 1. The molecule has 1 aliphatic rings. The Morgan fingerprint density at radius 2 is 2.07 bits per heavy atom. The predicted molar refractivity (Wildman–Crippen MR) is 59.5 cm³/mol. The van der Waals surface area contributed by atoms with Gasteiger partial charge in [-0.15, -0.1) is 11.6 Å². The van der Waals surface area contributed by atoms with Crippen LogP contribution in [0.1, 0.15) is 39.5 Å². The van der Waals surface area contributed by atoms with E-state index in [4.69, 9.17) is 11.6 Å². The van der Waals surface area contributed by atoms with Gasteiger partial charge in [-0.05, 0) is 18.8 Å². The molecule has 1 amide bonds. The summed E-state index contributed by atoms with van der Waals surface area (Å²) in [6, 6.07) is 0. The third-order valence-corrected chi connectivity index (χ3v) is 3.66. The Bertz CT molecular complexity index is 199. The number of alkyl halides is 1. The molecule has 1 atom stereocenters. The van der Waals surface area contributed by atoms with Crippen LogP contribution in [0.5, 0.6) is 0 Å². The number of carbonyl (C=O) groups excluding carboxylic acids is 1. The van der Waals surface area contributed by atoms with Crippen LogP contribution >= 0.6 is 11.6 Å². The highest BCUT2D eigenvalue weighted by molar-refractivity contribution is 6.18. The molecule has 0 bridgehead atoms. The van der Waals surface area contributed by atoms with Gasteiger partial charge in [0.1, 0.15) is 0 Å². The Balaban J connectivity index is 2.34. The molecule has 0 aromatic rings. The van der Waals surface area contributed by atoms with E-state index in [0.29, 0.717) is 18.3 Å². The molecule has 1 N–H and O–H groups in total. The van der Waals surface area contributed by atoms with Gasteiger partial charge in [-0.1, -0.05) is 26.7 Å². The fourth-order valence-electron chi connectivity index (χ4n) is 1.92. The summed E-state index contributed by atoms with van der Waals surface area (Å²) in [6.45, 7) is 4.82. The van der Waals surface area contributed by atoms with E-state index < -0.39 is 0 Å². The summed E-state index contributed by atoms with van der Waals surface area (Å²) in [6.07, 6.45) is 4.45. The van der Waals surface area contributed by atoms with Crippen molar-refractivity contribution in [3.63, 3.8) is 0 Å². The molecule has 2 nitrogen and oxygen atoms in total. The Hall–Kier alpha value is -0.240. The van der Waals surface area contributed by atoms with Gasteiger partial charge in [0.2, 0.25) is 5.91 Å². The topological polar surface area (TPSA) is 29.1 Å². The van der Waals surface area contributed by atoms with Crippen LogP contribution in [0, 0.1) is 11.3 Å². The minimum Gasteiger partial charge on any atom is -0.355 e. The van der Waals surface area contributed by atoms with Crippen molar-refractivity contribution < 1.29 is 4.79 Å². The first-order valence-electron chi connectivity index (χ1n) is 5.43. The summed E-state index contributed by atoms with van der Waals surface area (Å²) < 4.78 is 0. The Kier molecular flexibility index (Phi) is 4.24. The predicted octanol–water partition coefficient (Wildman–Crippen LogP) is 2.56. The standard InChI is InChI=1S/C11H20ClNO/c1-9(7-12)8-13-10(14)11(2)5-3-4-6-11/h9H,3-8H2,1-2H3,(H,13,14). The van der Waals surface area contributed by atoms with E-state index in [9.17, 15) is 4.79 Å². The lowest BCUT2D eigenvalue weighted by molar-refractivity contribution is -0.130. The highest BCUT2D eigenvalue weighted by Crippen LogP contribution is 2.37. The van der Waals surface area contributed by atoms with Crippen molar-refractivity contribution in [1.29, 1.82) is 0 Å². The monoisotopic (exact) mass is 217 g/mol. The highest BCUT2D eigenvalue weighted by atomic mass is 35.5. The second kappa shape index (κ2) is 5.01.